The first-order chi connectivity index (χ1) is 6.26. The molecule has 1 rings (SSSR count). The maximum absolute atomic E-state index is 8.61. The lowest BCUT2D eigenvalue weighted by Gasteiger charge is -2.08. The fourth-order valence-corrected chi connectivity index (χ4v) is 1.16. The number of hydrogen-bond acceptors (Lipinski definition) is 2. The third kappa shape index (κ3) is 2.79. The van der Waals surface area contributed by atoms with Crippen LogP contribution in [0.2, 0.25) is 0 Å². The Morgan fingerprint density at radius 3 is 2.92 bits per heavy atom. The zero-order chi connectivity index (χ0) is 9.68. The Balaban J connectivity index is 2.73. The van der Waals surface area contributed by atoms with Crippen LogP contribution in [0.15, 0.2) is 24.3 Å². The molecule has 1 unspecified atom stereocenters. The van der Waals surface area contributed by atoms with E-state index in [0.29, 0.717) is 0 Å². The summed E-state index contributed by atoms with van der Waals surface area (Å²) >= 11 is 0. The van der Waals surface area contributed by atoms with E-state index < -0.39 is 0 Å². The third-order valence-electron chi connectivity index (χ3n) is 1.91. The van der Waals surface area contributed by atoms with E-state index in [1.165, 1.54) is 5.56 Å². The molecule has 0 aliphatic rings. The highest BCUT2D eigenvalue weighted by Gasteiger charge is 1.98. The van der Waals surface area contributed by atoms with Gasteiger partial charge in [-0.1, -0.05) is 19.1 Å². The molecule has 2 nitrogen and oxygen atoms in total. The smallest absolute Gasteiger partial charge is 0.111 e. The molecule has 1 atom stereocenters. The standard InChI is InChI=1S/C11H14N2/c1-3-10-5-4-6-11(7-10)13-9(2)8-12/h4-7,9,13H,3H2,1-2H3. The van der Waals surface area contributed by atoms with Gasteiger partial charge >= 0.3 is 0 Å². The summed E-state index contributed by atoms with van der Waals surface area (Å²) in [6.07, 6.45) is 1.02. The minimum Gasteiger partial charge on any atom is -0.370 e. The molecule has 13 heavy (non-hydrogen) atoms. The predicted octanol–water partition coefficient (Wildman–Crippen LogP) is 2.57. The molecule has 0 spiro atoms. The van der Waals surface area contributed by atoms with Crippen LogP contribution in [0, 0.1) is 11.3 Å². The molecule has 0 heterocycles. The number of hydrogen-bond donors (Lipinski definition) is 1. The molecule has 0 saturated carbocycles. The predicted molar refractivity (Wildman–Crippen MR) is 54.5 cm³/mol. The van der Waals surface area contributed by atoms with Crippen LogP contribution in [0.5, 0.6) is 0 Å². The molecule has 68 valence electrons. The highest BCUT2D eigenvalue weighted by Crippen LogP contribution is 2.11. The van der Waals surface area contributed by atoms with Gasteiger partial charge in [-0.15, -0.1) is 0 Å². The Morgan fingerprint density at radius 2 is 2.31 bits per heavy atom. The van der Waals surface area contributed by atoms with Crippen LogP contribution in [-0.4, -0.2) is 6.04 Å². The molecule has 0 radical (unpaired) electrons. The Kier molecular flexibility index (Phi) is 3.33. The average molecular weight is 174 g/mol. The fourth-order valence-electron chi connectivity index (χ4n) is 1.16. The van der Waals surface area contributed by atoms with Crippen molar-refractivity contribution in [3.05, 3.63) is 29.8 Å². The van der Waals surface area contributed by atoms with Gasteiger partial charge in [0.15, 0.2) is 0 Å². The summed E-state index contributed by atoms with van der Waals surface area (Å²) in [6.45, 7) is 3.96. The molecule has 0 aromatic heterocycles. The Morgan fingerprint density at radius 1 is 1.54 bits per heavy atom. The Hall–Kier alpha value is -1.49. The topological polar surface area (TPSA) is 35.8 Å². The summed E-state index contributed by atoms with van der Waals surface area (Å²) in [5, 5.41) is 11.7. The van der Waals surface area contributed by atoms with E-state index in [1.807, 2.05) is 19.1 Å². The number of rotatable bonds is 3. The second kappa shape index (κ2) is 4.51. The first-order valence-corrected chi connectivity index (χ1v) is 4.51. The normalized spacial score (nSPS) is 11.8. The lowest BCUT2D eigenvalue weighted by atomic mass is 10.1. The van der Waals surface area contributed by atoms with E-state index in [0.717, 1.165) is 12.1 Å². The lowest BCUT2D eigenvalue weighted by molar-refractivity contribution is 1.01. The largest absolute Gasteiger partial charge is 0.370 e. The summed E-state index contributed by atoms with van der Waals surface area (Å²) in [5.74, 6) is 0. The number of benzene rings is 1. The average Bonchev–Trinajstić information content (AvgIpc) is 2.18. The summed E-state index contributed by atoms with van der Waals surface area (Å²) in [6, 6.07) is 10.2. The van der Waals surface area contributed by atoms with Crippen LogP contribution in [-0.2, 0) is 6.42 Å². The number of nitriles is 1. The van der Waals surface area contributed by atoms with Gasteiger partial charge in [0.05, 0.1) is 6.07 Å². The highest BCUT2D eigenvalue weighted by molar-refractivity contribution is 5.47. The molecule has 0 fully saturated rings. The number of aryl methyl sites for hydroxylation is 1. The van der Waals surface area contributed by atoms with Gasteiger partial charge in [0.1, 0.15) is 6.04 Å². The van der Waals surface area contributed by atoms with Crippen LogP contribution in [0.4, 0.5) is 5.69 Å². The van der Waals surface area contributed by atoms with E-state index in [9.17, 15) is 0 Å². The van der Waals surface area contributed by atoms with E-state index in [2.05, 4.69) is 30.4 Å². The highest BCUT2D eigenvalue weighted by atomic mass is 14.9. The van der Waals surface area contributed by atoms with Crippen LogP contribution in [0.25, 0.3) is 0 Å². The summed E-state index contributed by atoms with van der Waals surface area (Å²) in [7, 11) is 0. The second-order valence-corrected chi connectivity index (χ2v) is 3.05. The number of nitrogens with zero attached hydrogens (tertiary/aromatic N) is 1. The molecule has 0 saturated heterocycles. The van der Waals surface area contributed by atoms with Crippen molar-refractivity contribution in [1.82, 2.24) is 0 Å². The molecule has 1 aromatic rings. The van der Waals surface area contributed by atoms with Crippen LogP contribution in [0.3, 0.4) is 0 Å². The fraction of sp³-hybridized carbons (Fsp3) is 0.364. The number of nitrogens with one attached hydrogen (secondary N) is 1. The minimum absolute atomic E-state index is 0.132. The maximum atomic E-state index is 8.61. The van der Waals surface area contributed by atoms with Gasteiger partial charge in [0.25, 0.3) is 0 Å². The zero-order valence-corrected chi connectivity index (χ0v) is 8.04. The van der Waals surface area contributed by atoms with Crippen molar-refractivity contribution >= 4 is 5.69 Å². The Labute approximate surface area is 79.2 Å². The van der Waals surface area contributed by atoms with E-state index in [4.69, 9.17) is 5.26 Å². The van der Waals surface area contributed by atoms with E-state index >= 15 is 0 Å². The summed E-state index contributed by atoms with van der Waals surface area (Å²) in [5.41, 5.74) is 2.31. The van der Waals surface area contributed by atoms with Crippen LogP contribution < -0.4 is 5.32 Å². The van der Waals surface area contributed by atoms with Gasteiger partial charge in [-0.05, 0) is 31.0 Å². The quantitative estimate of drug-likeness (QED) is 0.764. The van der Waals surface area contributed by atoms with Crippen molar-refractivity contribution in [3.8, 4) is 6.07 Å². The van der Waals surface area contributed by atoms with Gasteiger partial charge in [-0.3, -0.25) is 0 Å². The van der Waals surface area contributed by atoms with Gasteiger partial charge in [-0.2, -0.15) is 5.26 Å². The molecular formula is C11H14N2. The zero-order valence-electron chi connectivity index (χ0n) is 8.04. The monoisotopic (exact) mass is 174 g/mol. The molecule has 1 aromatic carbocycles. The minimum atomic E-state index is -0.132. The van der Waals surface area contributed by atoms with E-state index in [1.54, 1.807) is 0 Å². The Bertz CT molecular complexity index is 312. The molecule has 1 N–H and O–H groups in total. The van der Waals surface area contributed by atoms with Gasteiger partial charge < -0.3 is 5.32 Å². The molecule has 0 amide bonds. The molecule has 0 aliphatic heterocycles. The van der Waals surface area contributed by atoms with Gasteiger partial charge in [-0.25, -0.2) is 0 Å². The van der Waals surface area contributed by atoms with Crippen LogP contribution in [0.1, 0.15) is 19.4 Å². The maximum Gasteiger partial charge on any atom is 0.111 e. The van der Waals surface area contributed by atoms with Crippen LogP contribution >= 0.6 is 0 Å². The number of anilines is 1. The van der Waals surface area contributed by atoms with Gasteiger partial charge in [0, 0.05) is 5.69 Å². The van der Waals surface area contributed by atoms with Crippen molar-refractivity contribution < 1.29 is 0 Å². The SMILES string of the molecule is CCc1cccc(NC(C)C#N)c1. The summed E-state index contributed by atoms with van der Waals surface area (Å²) in [4.78, 5) is 0. The molecular weight excluding hydrogens is 160 g/mol. The third-order valence-corrected chi connectivity index (χ3v) is 1.91. The first-order valence-electron chi connectivity index (χ1n) is 4.51. The second-order valence-electron chi connectivity index (χ2n) is 3.05. The van der Waals surface area contributed by atoms with Crippen molar-refractivity contribution in [1.29, 1.82) is 5.26 Å². The van der Waals surface area contributed by atoms with Crippen molar-refractivity contribution in [2.75, 3.05) is 5.32 Å². The van der Waals surface area contributed by atoms with Crippen molar-refractivity contribution in [2.24, 2.45) is 0 Å². The molecule has 0 bridgehead atoms. The van der Waals surface area contributed by atoms with Gasteiger partial charge in [0.2, 0.25) is 0 Å². The van der Waals surface area contributed by atoms with Crippen molar-refractivity contribution in [2.45, 2.75) is 26.3 Å². The lowest BCUT2D eigenvalue weighted by Crippen LogP contribution is -2.11. The molecule has 2 heteroatoms. The van der Waals surface area contributed by atoms with E-state index in [-0.39, 0.29) is 6.04 Å². The van der Waals surface area contributed by atoms with Crippen molar-refractivity contribution in [3.63, 3.8) is 0 Å². The first kappa shape index (κ1) is 9.60. The molecule has 0 aliphatic carbocycles. The summed E-state index contributed by atoms with van der Waals surface area (Å²) < 4.78 is 0.